The van der Waals surface area contributed by atoms with Gasteiger partial charge in [-0.15, -0.1) is 0 Å². The second-order valence-corrected chi connectivity index (χ2v) is 4.70. The van der Waals surface area contributed by atoms with Crippen LogP contribution >= 0.6 is 0 Å². The number of likely N-dealkylation sites (N-methyl/N-ethyl adjacent to an activating group) is 1. The molecule has 0 aromatic heterocycles. The maximum absolute atomic E-state index is 11.7. The van der Waals surface area contributed by atoms with E-state index in [0.29, 0.717) is 23.6 Å². The van der Waals surface area contributed by atoms with E-state index in [-0.39, 0.29) is 0 Å². The number of ether oxygens (including phenoxy) is 2. The summed E-state index contributed by atoms with van der Waals surface area (Å²) in [5.74, 6) is 0.805. The highest BCUT2D eigenvalue weighted by molar-refractivity contribution is 5.82. The van der Waals surface area contributed by atoms with Crippen molar-refractivity contribution in [3.8, 4) is 11.5 Å². The highest BCUT2D eigenvalue weighted by Gasteiger charge is 2.21. The summed E-state index contributed by atoms with van der Waals surface area (Å²) in [5.41, 5.74) is 6.19. The van der Waals surface area contributed by atoms with Crippen LogP contribution in [0.4, 0.5) is 0 Å². The van der Waals surface area contributed by atoms with Gasteiger partial charge in [0.15, 0.2) is 0 Å². The molecule has 1 unspecified atom stereocenters. The Morgan fingerprint density at radius 3 is 2.55 bits per heavy atom. The molecule has 0 saturated carbocycles. The maximum Gasteiger partial charge on any atom is 0.239 e. The van der Waals surface area contributed by atoms with Gasteiger partial charge in [-0.05, 0) is 26.2 Å². The molecule has 0 saturated heterocycles. The number of rotatable bonds is 8. The van der Waals surface area contributed by atoms with Gasteiger partial charge in [-0.1, -0.05) is 0 Å². The zero-order chi connectivity index (χ0) is 15.1. The Kier molecular flexibility index (Phi) is 6.27. The van der Waals surface area contributed by atoms with E-state index >= 15 is 0 Å². The van der Waals surface area contributed by atoms with Gasteiger partial charge in [0.1, 0.15) is 17.5 Å². The Labute approximate surface area is 119 Å². The van der Waals surface area contributed by atoms with E-state index in [1.165, 1.54) is 0 Å². The Morgan fingerprint density at radius 2 is 2.05 bits per heavy atom. The quantitative estimate of drug-likeness (QED) is 0.720. The van der Waals surface area contributed by atoms with Crippen LogP contribution in [0.2, 0.25) is 0 Å². The summed E-state index contributed by atoms with van der Waals surface area (Å²) in [5, 5.41) is 3.14. The predicted octanol–water partition coefficient (Wildman–Crippen LogP) is 0.381. The minimum atomic E-state index is -0.587. The van der Waals surface area contributed by atoms with Crippen molar-refractivity contribution < 1.29 is 14.3 Å². The topological polar surface area (TPSA) is 76.8 Å². The first-order valence-electron chi connectivity index (χ1n) is 6.39. The summed E-state index contributed by atoms with van der Waals surface area (Å²) in [4.78, 5) is 13.7. The molecule has 112 valence electrons. The molecule has 3 N–H and O–H groups in total. The second-order valence-electron chi connectivity index (χ2n) is 4.70. The van der Waals surface area contributed by atoms with Crippen molar-refractivity contribution in [1.82, 2.24) is 10.2 Å². The number of nitrogens with zero attached hydrogens (tertiary/aromatic N) is 1. The Bertz CT molecular complexity index is 449. The third-order valence-electron chi connectivity index (χ3n) is 2.94. The molecule has 0 spiro atoms. The van der Waals surface area contributed by atoms with Crippen LogP contribution in [0.25, 0.3) is 0 Å². The number of carbonyl (C=O) groups is 1. The van der Waals surface area contributed by atoms with Crippen LogP contribution in [-0.2, 0) is 4.79 Å². The standard InChI is InChI=1S/C14H23N3O3/c1-17(2)8-7-16-13(14(15)18)11-6-5-10(19-3)9-12(11)20-4/h5-6,9,13,16H,7-8H2,1-4H3,(H2,15,18). The van der Waals surface area contributed by atoms with Crippen molar-refractivity contribution in [3.63, 3.8) is 0 Å². The number of hydrogen-bond acceptors (Lipinski definition) is 5. The first-order chi connectivity index (χ1) is 9.49. The molecular weight excluding hydrogens is 258 g/mol. The first kappa shape index (κ1) is 16.3. The lowest BCUT2D eigenvalue weighted by atomic mass is 10.0. The Balaban J connectivity index is 2.93. The summed E-state index contributed by atoms with van der Waals surface area (Å²) < 4.78 is 10.4. The fourth-order valence-corrected chi connectivity index (χ4v) is 1.85. The summed E-state index contributed by atoms with van der Waals surface area (Å²) in [6.07, 6.45) is 0. The van der Waals surface area contributed by atoms with Gasteiger partial charge >= 0.3 is 0 Å². The van der Waals surface area contributed by atoms with Crippen molar-refractivity contribution in [3.05, 3.63) is 23.8 Å². The molecule has 1 aromatic rings. The monoisotopic (exact) mass is 281 g/mol. The van der Waals surface area contributed by atoms with Gasteiger partial charge in [-0.25, -0.2) is 0 Å². The Morgan fingerprint density at radius 1 is 1.35 bits per heavy atom. The summed E-state index contributed by atoms with van der Waals surface area (Å²) >= 11 is 0. The Hall–Kier alpha value is -1.79. The van der Waals surface area contributed by atoms with Gasteiger partial charge in [0.2, 0.25) is 5.91 Å². The molecule has 0 fully saturated rings. The SMILES string of the molecule is COc1ccc(C(NCCN(C)C)C(N)=O)c(OC)c1. The molecule has 0 radical (unpaired) electrons. The van der Waals surface area contributed by atoms with Crippen LogP contribution < -0.4 is 20.5 Å². The molecule has 0 heterocycles. The van der Waals surface area contributed by atoms with Crippen molar-refractivity contribution in [1.29, 1.82) is 0 Å². The summed E-state index contributed by atoms with van der Waals surface area (Å²) in [7, 11) is 7.06. The lowest BCUT2D eigenvalue weighted by molar-refractivity contribution is -0.120. The number of benzene rings is 1. The van der Waals surface area contributed by atoms with Crippen LogP contribution in [0, 0.1) is 0 Å². The van der Waals surface area contributed by atoms with Gasteiger partial charge in [0, 0.05) is 24.7 Å². The minimum absolute atomic E-state index is 0.438. The number of amides is 1. The van der Waals surface area contributed by atoms with E-state index in [0.717, 1.165) is 6.54 Å². The van der Waals surface area contributed by atoms with E-state index in [9.17, 15) is 4.79 Å². The largest absolute Gasteiger partial charge is 0.497 e. The third kappa shape index (κ3) is 4.40. The molecule has 20 heavy (non-hydrogen) atoms. The number of primary amides is 1. The lowest BCUT2D eigenvalue weighted by Gasteiger charge is -2.20. The van der Waals surface area contributed by atoms with Crippen LogP contribution in [0.1, 0.15) is 11.6 Å². The predicted molar refractivity (Wildman–Crippen MR) is 78.0 cm³/mol. The maximum atomic E-state index is 11.7. The van der Waals surface area contributed by atoms with E-state index in [1.807, 2.05) is 19.0 Å². The zero-order valence-electron chi connectivity index (χ0n) is 12.5. The molecule has 1 aromatic carbocycles. The molecule has 1 rings (SSSR count). The molecule has 0 aliphatic rings. The second kappa shape index (κ2) is 7.72. The molecule has 0 aliphatic heterocycles. The average molecular weight is 281 g/mol. The molecule has 0 bridgehead atoms. The van der Waals surface area contributed by atoms with E-state index < -0.39 is 11.9 Å². The van der Waals surface area contributed by atoms with Gasteiger partial charge in [-0.2, -0.15) is 0 Å². The van der Waals surface area contributed by atoms with Crippen LogP contribution in [0.15, 0.2) is 18.2 Å². The van der Waals surface area contributed by atoms with Crippen LogP contribution in [0.3, 0.4) is 0 Å². The van der Waals surface area contributed by atoms with E-state index in [4.69, 9.17) is 15.2 Å². The fraction of sp³-hybridized carbons (Fsp3) is 0.500. The smallest absolute Gasteiger partial charge is 0.239 e. The molecule has 0 aliphatic carbocycles. The third-order valence-corrected chi connectivity index (χ3v) is 2.94. The number of nitrogens with two attached hydrogens (primary N) is 1. The van der Waals surface area contributed by atoms with Crippen LogP contribution in [-0.4, -0.2) is 52.2 Å². The number of hydrogen-bond donors (Lipinski definition) is 2. The highest BCUT2D eigenvalue weighted by atomic mass is 16.5. The van der Waals surface area contributed by atoms with E-state index in [1.54, 1.807) is 32.4 Å². The molecule has 1 amide bonds. The average Bonchev–Trinajstić information content (AvgIpc) is 2.42. The van der Waals surface area contributed by atoms with Crippen molar-refractivity contribution in [2.75, 3.05) is 41.4 Å². The number of nitrogens with one attached hydrogen (secondary N) is 1. The number of carbonyl (C=O) groups excluding carboxylic acids is 1. The van der Waals surface area contributed by atoms with Gasteiger partial charge in [0.25, 0.3) is 0 Å². The minimum Gasteiger partial charge on any atom is -0.497 e. The van der Waals surface area contributed by atoms with Crippen molar-refractivity contribution in [2.45, 2.75) is 6.04 Å². The van der Waals surface area contributed by atoms with Crippen molar-refractivity contribution >= 4 is 5.91 Å². The fourth-order valence-electron chi connectivity index (χ4n) is 1.85. The number of methoxy groups -OCH3 is 2. The van der Waals surface area contributed by atoms with Crippen molar-refractivity contribution in [2.24, 2.45) is 5.73 Å². The van der Waals surface area contributed by atoms with Gasteiger partial charge < -0.3 is 25.4 Å². The first-order valence-corrected chi connectivity index (χ1v) is 6.39. The lowest BCUT2D eigenvalue weighted by Crippen LogP contribution is -2.37. The normalized spacial score (nSPS) is 12.2. The zero-order valence-corrected chi connectivity index (χ0v) is 12.5. The van der Waals surface area contributed by atoms with Gasteiger partial charge in [0.05, 0.1) is 14.2 Å². The van der Waals surface area contributed by atoms with E-state index in [2.05, 4.69) is 5.32 Å². The van der Waals surface area contributed by atoms with Crippen LogP contribution in [0.5, 0.6) is 11.5 Å². The molecule has 6 nitrogen and oxygen atoms in total. The molecule has 6 heteroatoms. The molecule has 1 atom stereocenters. The summed E-state index contributed by atoms with van der Waals surface area (Å²) in [6.45, 7) is 1.46. The molecular formula is C14H23N3O3. The summed E-state index contributed by atoms with van der Waals surface area (Å²) in [6, 6.07) is 4.71. The van der Waals surface area contributed by atoms with Gasteiger partial charge in [-0.3, -0.25) is 4.79 Å². The highest BCUT2D eigenvalue weighted by Crippen LogP contribution is 2.29.